The molecule has 0 aliphatic heterocycles. The molecule has 134 valence electrons. The van der Waals surface area contributed by atoms with Crippen LogP contribution in [0.25, 0.3) is 15.8 Å². The van der Waals surface area contributed by atoms with E-state index >= 15 is 0 Å². The fourth-order valence-electron chi connectivity index (χ4n) is 2.70. The number of aromatic nitrogens is 2. The van der Waals surface area contributed by atoms with Crippen molar-refractivity contribution >= 4 is 44.6 Å². The lowest BCUT2D eigenvalue weighted by molar-refractivity contribution is 0.0959. The molecule has 2 heterocycles. The van der Waals surface area contributed by atoms with Crippen LogP contribution in [0.2, 0.25) is 5.02 Å². The number of hydrogen-bond donors (Lipinski definition) is 1. The molecule has 5 nitrogen and oxygen atoms in total. The number of nitrogens with zero attached hydrogens (tertiary/aromatic N) is 3. The topological polar surface area (TPSA) is 59.3 Å². The summed E-state index contributed by atoms with van der Waals surface area (Å²) in [4.78, 5) is 17.0. The molecule has 4 aromatic rings. The van der Waals surface area contributed by atoms with Gasteiger partial charge in [-0.3, -0.25) is 4.79 Å². The molecule has 0 saturated heterocycles. The van der Waals surface area contributed by atoms with E-state index in [1.54, 1.807) is 12.5 Å². The van der Waals surface area contributed by atoms with Crippen molar-refractivity contribution in [2.45, 2.75) is 6.92 Å². The summed E-state index contributed by atoms with van der Waals surface area (Å²) in [6.45, 7) is 1.85. The normalized spacial score (nSPS) is 11.7. The third kappa shape index (κ3) is 3.49. The van der Waals surface area contributed by atoms with Gasteiger partial charge < -0.3 is 4.57 Å². The number of carbonyl (C=O) groups excluding carboxylic acids is 1. The number of carbonyl (C=O) groups is 1. The van der Waals surface area contributed by atoms with E-state index in [0.29, 0.717) is 15.6 Å². The Bertz CT molecular complexity index is 1130. The van der Waals surface area contributed by atoms with E-state index in [-0.39, 0.29) is 5.91 Å². The van der Waals surface area contributed by atoms with Gasteiger partial charge in [-0.1, -0.05) is 41.9 Å². The van der Waals surface area contributed by atoms with Gasteiger partial charge in [0, 0.05) is 28.2 Å². The van der Waals surface area contributed by atoms with Crippen LogP contribution < -0.4 is 5.43 Å². The SMILES string of the molecule is CC(=NNC(=O)c1sc2ccccc2c1Cl)c1ccc(-n2ccnc2)cc1. The molecule has 27 heavy (non-hydrogen) atoms. The number of nitrogens with one attached hydrogen (secondary N) is 1. The summed E-state index contributed by atoms with van der Waals surface area (Å²) in [5.74, 6) is -0.310. The van der Waals surface area contributed by atoms with Crippen LogP contribution >= 0.6 is 22.9 Å². The molecule has 4 rings (SSSR count). The third-order valence-electron chi connectivity index (χ3n) is 4.15. The molecule has 1 amide bonds. The van der Waals surface area contributed by atoms with Gasteiger partial charge in [-0.15, -0.1) is 11.3 Å². The molecule has 0 saturated carbocycles. The maximum Gasteiger partial charge on any atom is 0.283 e. The maximum absolute atomic E-state index is 12.5. The second-order valence-corrected chi connectivity index (χ2v) is 7.33. The standard InChI is InChI=1S/C20H15ClN4OS/c1-13(14-6-8-15(9-7-14)25-11-10-22-12-25)23-24-20(26)19-18(21)16-4-2-3-5-17(16)27-19/h2-12H,1H3,(H,24,26). The fourth-order valence-corrected chi connectivity index (χ4v) is 4.10. The zero-order valence-corrected chi connectivity index (χ0v) is 16.0. The minimum absolute atomic E-state index is 0.310. The zero-order valence-electron chi connectivity index (χ0n) is 14.4. The number of hydrogen-bond acceptors (Lipinski definition) is 4. The van der Waals surface area contributed by atoms with E-state index in [1.807, 2.05) is 66.2 Å². The summed E-state index contributed by atoms with van der Waals surface area (Å²) in [5.41, 5.74) is 5.23. The number of amides is 1. The summed E-state index contributed by atoms with van der Waals surface area (Å²) in [7, 11) is 0. The van der Waals surface area contributed by atoms with E-state index < -0.39 is 0 Å². The van der Waals surface area contributed by atoms with Crippen molar-refractivity contribution in [3.05, 3.63) is 82.7 Å². The second kappa shape index (κ2) is 7.34. The highest BCUT2D eigenvalue weighted by molar-refractivity contribution is 7.21. The van der Waals surface area contributed by atoms with Crippen molar-refractivity contribution in [3.63, 3.8) is 0 Å². The first-order valence-electron chi connectivity index (χ1n) is 8.24. The molecule has 0 fully saturated rings. The fraction of sp³-hybridized carbons (Fsp3) is 0.0500. The Morgan fingerprint density at radius 3 is 2.67 bits per heavy atom. The van der Waals surface area contributed by atoms with Crippen LogP contribution in [-0.4, -0.2) is 21.2 Å². The Balaban J connectivity index is 1.51. The number of rotatable bonds is 4. The van der Waals surface area contributed by atoms with Crippen LogP contribution in [0.4, 0.5) is 0 Å². The predicted molar refractivity (Wildman–Crippen MR) is 110 cm³/mol. The van der Waals surface area contributed by atoms with Crippen molar-refractivity contribution in [1.82, 2.24) is 15.0 Å². The minimum atomic E-state index is -0.310. The summed E-state index contributed by atoms with van der Waals surface area (Å²) in [6.07, 6.45) is 5.35. The van der Waals surface area contributed by atoms with Crippen molar-refractivity contribution in [1.29, 1.82) is 0 Å². The van der Waals surface area contributed by atoms with E-state index in [0.717, 1.165) is 21.3 Å². The van der Waals surface area contributed by atoms with Crippen LogP contribution in [-0.2, 0) is 0 Å². The van der Waals surface area contributed by atoms with Crippen LogP contribution in [0.1, 0.15) is 22.2 Å². The van der Waals surface area contributed by atoms with Crippen molar-refractivity contribution < 1.29 is 4.79 Å². The Kier molecular flexibility index (Phi) is 4.75. The summed E-state index contributed by atoms with van der Waals surface area (Å²) < 4.78 is 2.89. The molecule has 0 aliphatic carbocycles. The highest BCUT2D eigenvalue weighted by atomic mass is 35.5. The molecule has 2 aromatic carbocycles. The van der Waals surface area contributed by atoms with Gasteiger partial charge in [-0.05, 0) is 30.7 Å². The lowest BCUT2D eigenvalue weighted by atomic mass is 10.1. The van der Waals surface area contributed by atoms with Gasteiger partial charge in [-0.2, -0.15) is 5.10 Å². The Morgan fingerprint density at radius 2 is 1.96 bits per heavy atom. The quantitative estimate of drug-likeness (QED) is 0.395. The van der Waals surface area contributed by atoms with Crippen molar-refractivity contribution in [2.24, 2.45) is 5.10 Å². The molecule has 0 spiro atoms. The monoisotopic (exact) mass is 394 g/mol. The molecule has 0 unspecified atom stereocenters. The van der Waals surface area contributed by atoms with Crippen LogP contribution in [0.3, 0.4) is 0 Å². The molecule has 0 aliphatic rings. The smallest absolute Gasteiger partial charge is 0.283 e. The van der Waals surface area contributed by atoms with E-state index in [2.05, 4.69) is 15.5 Å². The van der Waals surface area contributed by atoms with Crippen molar-refractivity contribution in [2.75, 3.05) is 0 Å². The minimum Gasteiger partial charge on any atom is -0.306 e. The number of benzene rings is 2. The first-order valence-corrected chi connectivity index (χ1v) is 9.43. The second-order valence-electron chi connectivity index (χ2n) is 5.90. The molecular weight excluding hydrogens is 380 g/mol. The van der Waals surface area contributed by atoms with Crippen LogP contribution in [0, 0.1) is 0 Å². The van der Waals surface area contributed by atoms with E-state index in [9.17, 15) is 4.79 Å². The first-order chi connectivity index (χ1) is 13.1. The summed E-state index contributed by atoms with van der Waals surface area (Å²) in [5, 5.41) is 5.56. The van der Waals surface area contributed by atoms with Gasteiger partial charge in [-0.25, -0.2) is 10.4 Å². The lowest BCUT2D eigenvalue weighted by Crippen LogP contribution is -2.18. The number of thiophene rings is 1. The number of hydrazone groups is 1. The van der Waals surface area contributed by atoms with Crippen LogP contribution in [0.5, 0.6) is 0 Å². The molecule has 0 atom stereocenters. The highest BCUT2D eigenvalue weighted by Crippen LogP contribution is 2.34. The molecule has 1 N–H and O–H groups in total. The average molecular weight is 395 g/mol. The summed E-state index contributed by atoms with van der Waals surface area (Å²) >= 11 is 7.70. The molecular formula is C20H15ClN4OS. The predicted octanol–water partition coefficient (Wildman–Crippen LogP) is 4.89. The van der Waals surface area contributed by atoms with Crippen molar-refractivity contribution in [3.8, 4) is 5.69 Å². The summed E-state index contributed by atoms with van der Waals surface area (Å²) in [6, 6.07) is 15.5. The zero-order chi connectivity index (χ0) is 18.8. The van der Waals surface area contributed by atoms with Gasteiger partial charge in [0.05, 0.1) is 17.1 Å². The molecule has 7 heteroatoms. The van der Waals surface area contributed by atoms with E-state index in [4.69, 9.17) is 11.6 Å². The number of halogens is 1. The maximum atomic E-state index is 12.5. The van der Waals surface area contributed by atoms with Gasteiger partial charge in [0.15, 0.2) is 0 Å². The molecule has 2 aromatic heterocycles. The molecule has 0 radical (unpaired) electrons. The highest BCUT2D eigenvalue weighted by Gasteiger charge is 2.16. The number of fused-ring (bicyclic) bond motifs is 1. The Labute approximate surface area is 164 Å². The van der Waals surface area contributed by atoms with E-state index in [1.165, 1.54) is 11.3 Å². The largest absolute Gasteiger partial charge is 0.306 e. The van der Waals surface area contributed by atoms with Crippen LogP contribution in [0.15, 0.2) is 72.4 Å². The van der Waals surface area contributed by atoms with Gasteiger partial charge in [0.1, 0.15) is 4.88 Å². The first kappa shape index (κ1) is 17.5. The third-order valence-corrected chi connectivity index (χ3v) is 5.83. The average Bonchev–Trinajstić information content (AvgIpc) is 3.35. The Hall–Kier alpha value is -2.96. The Morgan fingerprint density at radius 1 is 1.19 bits per heavy atom. The number of imidazole rings is 1. The lowest BCUT2D eigenvalue weighted by Gasteiger charge is -2.05. The van der Waals surface area contributed by atoms with Gasteiger partial charge in [0.2, 0.25) is 0 Å². The molecule has 0 bridgehead atoms. The van der Waals surface area contributed by atoms with Gasteiger partial charge in [0.25, 0.3) is 5.91 Å². The van der Waals surface area contributed by atoms with Gasteiger partial charge >= 0.3 is 0 Å².